The molecule has 0 aliphatic heterocycles. The zero-order valence-corrected chi connectivity index (χ0v) is 11.1. The Balaban J connectivity index is 2.17. The minimum atomic E-state index is -0.726. The smallest absolute Gasteiger partial charge is 0.320 e. The lowest BCUT2D eigenvalue weighted by molar-refractivity contribution is -0.139. The molecule has 4 nitrogen and oxygen atoms in total. The van der Waals surface area contributed by atoms with Crippen molar-refractivity contribution in [1.82, 2.24) is 10.2 Å². The summed E-state index contributed by atoms with van der Waals surface area (Å²) in [6.07, 6.45) is 5.73. The minimum Gasteiger partial charge on any atom is -0.480 e. The fourth-order valence-electron chi connectivity index (χ4n) is 2.19. The number of nitrogens with zero attached hydrogens (tertiary/aromatic N) is 1. The first-order valence-corrected chi connectivity index (χ1v) is 6.78. The van der Waals surface area contributed by atoms with Crippen molar-refractivity contribution < 1.29 is 9.90 Å². The number of hydrogen-bond acceptors (Lipinski definition) is 3. The zero-order chi connectivity index (χ0) is 12.7. The molecule has 0 aromatic heterocycles. The van der Waals surface area contributed by atoms with Crippen molar-refractivity contribution in [1.29, 1.82) is 0 Å². The lowest BCUT2D eigenvalue weighted by Crippen LogP contribution is -2.40. The van der Waals surface area contributed by atoms with E-state index >= 15 is 0 Å². The third-order valence-electron chi connectivity index (χ3n) is 3.53. The Kier molecular flexibility index (Phi) is 6.52. The molecule has 0 spiro atoms. The van der Waals surface area contributed by atoms with Crippen molar-refractivity contribution in [3.63, 3.8) is 0 Å². The maximum absolute atomic E-state index is 11.0. The number of aliphatic carboxylic acids is 1. The van der Waals surface area contributed by atoms with Crippen LogP contribution < -0.4 is 5.32 Å². The highest BCUT2D eigenvalue weighted by Gasteiger charge is 2.21. The van der Waals surface area contributed by atoms with Gasteiger partial charge in [-0.2, -0.15) is 0 Å². The number of carboxylic acid groups (broad SMARTS) is 1. The van der Waals surface area contributed by atoms with Crippen LogP contribution >= 0.6 is 0 Å². The Hall–Kier alpha value is -0.610. The summed E-state index contributed by atoms with van der Waals surface area (Å²) < 4.78 is 0. The average molecular weight is 242 g/mol. The van der Waals surface area contributed by atoms with Gasteiger partial charge in [-0.3, -0.25) is 4.79 Å². The topological polar surface area (TPSA) is 52.6 Å². The van der Waals surface area contributed by atoms with Crippen molar-refractivity contribution in [3.8, 4) is 0 Å². The van der Waals surface area contributed by atoms with Crippen molar-refractivity contribution >= 4 is 5.97 Å². The molecule has 1 saturated carbocycles. The van der Waals surface area contributed by atoms with E-state index in [-0.39, 0.29) is 0 Å². The van der Waals surface area contributed by atoms with Gasteiger partial charge in [-0.1, -0.05) is 13.3 Å². The molecule has 0 amide bonds. The summed E-state index contributed by atoms with van der Waals surface area (Å²) in [6, 6.07) is -0.390. The van der Waals surface area contributed by atoms with Crippen molar-refractivity contribution in [2.24, 2.45) is 5.92 Å². The molecule has 1 atom stereocenters. The molecule has 1 unspecified atom stereocenters. The first-order valence-electron chi connectivity index (χ1n) is 6.78. The van der Waals surface area contributed by atoms with Crippen LogP contribution in [0.5, 0.6) is 0 Å². The van der Waals surface area contributed by atoms with E-state index in [0.717, 1.165) is 32.0 Å². The molecule has 0 bridgehead atoms. The van der Waals surface area contributed by atoms with E-state index in [4.69, 9.17) is 5.11 Å². The van der Waals surface area contributed by atoms with Crippen LogP contribution in [-0.4, -0.2) is 48.7 Å². The van der Waals surface area contributed by atoms with Gasteiger partial charge in [0.2, 0.25) is 0 Å². The average Bonchev–Trinajstić information content (AvgIpc) is 2.23. The molecule has 0 aromatic rings. The Morgan fingerprint density at radius 2 is 2.24 bits per heavy atom. The molecular formula is C13H26N2O2. The first kappa shape index (κ1) is 14.5. The van der Waals surface area contributed by atoms with Crippen molar-refractivity contribution in [2.45, 2.75) is 45.1 Å². The normalized spacial score (nSPS) is 18.1. The lowest BCUT2D eigenvalue weighted by Gasteiger charge is -2.30. The largest absolute Gasteiger partial charge is 0.480 e. The molecule has 17 heavy (non-hydrogen) atoms. The van der Waals surface area contributed by atoms with E-state index in [1.54, 1.807) is 0 Å². The monoisotopic (exact) mass is 242 g/mol. The Morgan fingerprint density at radius 3 is 2.71 bits per heavy atom. The molecule has 1 rings (SSSR count). The quantitative estimate of drug-likeness (QED) is 0.644. The molecule has 4 heteroatoms. The number of carboxylic acids is 1. The fourth-order valence-corrected chi connectivity index (χ4v) is 2.19. The second kappa shape index (κ2) is 7.67. The summed E-state index contributed by atoms with van der Waals surface area (Å²) in [6.45, 7) is 4.82. The number of rotatable bonds is 9. The highest BCUT2D eigenvalue weighted by molar-refractivity contribution is 5.73. The molecule has 1 aliphatic carbocycles. The van der Waals surface area contributed by atoms with Crippen LogP contribution in [0.4, 0.5) is 0 Å². The summed E-state index contributed by atoms with van der Waals surface area (Å²) in [4.78, 5) is 13.3. The van der Waals surface area contributed by atoms with E-state index in [1.807, 2.05) is 0 Å². The fraction of sp³-hybridized carbons (Fsp3) is 0.923. The van der Waals surface area contributed by atoms with Gasteiger partial charge in [0.05, 0.1) is 0 Å². The Labute approximate surface area is 104 Å². The van der Waals surface area contributed by atoms with Gasteiger partial charge >= 0.3 is 5.97 Å². The molecule has 0 aromatic carbocycles. The highest BCUT2D eigenvalue weighted by atomic mass is 16.4. The second-order valence-corrected chi connectivity index (χ2v) is 5.19. The standard InChI is InChI=1S/C13H26N2O2/c1-3-8-14-12(13(16)17)7-9-15(2)10-11-5-4-6-11/h11-12,14H,3-10H2,1-2H3,(H,16,17). The van der Waals surface area contributed by atoms with Crippen molar-refractivity contribution in [2.75, 3.05) is 26.7 Å². The summed E-state index contributed by atoms with van der Waals surface area (Å²) >= 11 is 0. The van der Waals surface area contributed by atoms with Gasteiger partial charge in [-0.25, -0.2) is 0 Å². The molecule has 0 radical (unpaired) electrons. The van der Waals surface area contributed by atoms with Crippen LogP contribution in [0, 0.1) is 5.92 Å². The van der Waals surface area contributed by atoms with E-state index < -0.39 is 12.0 Å². The summed E-state index contributed by atoms with van der Waals surface area (Å²) in [5.41, 5.74) is 0. The predicted octanol–water partition coefficient (Wildman–Crippen LogP) is 1.56. The lowest BCUT2D eigenvalue weighted by atomic mass is 9.85. The van der Waals surface area contributed by atoms with E-state index in [1.165, 1.54) is 19.3 Å². The zero-order valence-electron chi connectivity index (χ0n) is 11.1. The minimum absolute atomic E-state index is 0.390. The third-order valence-corrected chi connectivity index (χ3v) is 3.53. The number of carbonyl (C=O) groups is 1. The van der Waals surface area contributed by atoms with Crippen LogP contribution in [-0.2, 0) is 4.79 Å². The van der Waals surface area contributed by atoms with E-state index in [9.17, 15) is 4.79 Å². The maximum atomic E-state index is 11.0. The van der Waals surface area contributed by atoms with Crippen LogP contribution in [0.15, 0.2) is 0 Å². The van der Waals surface area contributed by atoms with Crippen LogP contribution in [0.25, 0.3) is 0 Å². The second-order valence-electron chi connectivity index (χ2n) is 5.19. The summed E-state index contributed by atoms with van der Waals surface area (Å²) in [5.74, 6) is 0.127. The number of hydrogen-bond donors (Lipinski definition) is 2. The van der Waals surface area contributed by atoms with Gasteiger partial charge in [-0.15, -0.1) is 0 Å². The molecular weight excluding hydrogens is 216 g/mol. The SMILES string of the molecule is CCCNC(CCN(C)CC1CCC1)C(=O)O. The van der Waals surface area contributed by atoms with Gasteiger partial charge in [0.1, 0.15) is 6.04 Å². The highest BCUT2D eigenvalue weighted by Crippen LogP contribution is 2.26. The van der Waals surface area contributed by atoms with Crippen LogP contribution in [0.3, 0.4) is 0 Å². The van der Waals surface area contributed by atoms with Gasteiger partial charge in [-0.05, 0) is 51.7 Å². The van der Waals surface area contributed by atoms with E-state index in [0.29, 0.717) is 6.42 Å². The predicted molar refractivity (Wildman–Crippen MR) is 69.2 cm³/mol. The Morgan fingerprint density at radius 1 is 1.53 bits per heavy atom. The molecule has 100 valence electrons. The molecule has 1 fully saturated rings. The van der Waals surface area contributed by atoms with Crippen LogP contribution in [0.2, 0.25) is 0 Å². The summed E-state index contributed by atoms with van der Waals surface area (Å²) in [7, 11) is 2.09. The Bertz CT molecular complexity index is 229. The first-order chi connectivity index (χ1) is 8.13. The molecule has 0 heterocycles. The molecule has 0 saturated heterocycles. The van der Waals surface area contributed by atoms with E-state index in [2.05, 4.69) is 24.2 Å². The number of nitrogens with one attached hydrogen (secondary N) is 1. The van der Waals surface area contributed by atoms with Gasteiger partial charge in [0.15, 0.2) is 0 Å². The van der Waals surface area contributed by atoms with Crippen LogP contribution in [0.1, 0.15) is 39.0 Å². The van der Waals surface area contributed by atoms with Gasteiger partial charge in [0, 0.05) is 6.54 Å². The van der Waals surface area contributed by atoms with Gasteiger partial charge in [0.25, 0.3) is 0 Å². The summed E-state index contributed by atoms with van der Waals surface area (Å²) in [5, 5.41) is 12.2. The van der Waals surface area contributed by atoms with Gasteiger partial charge < -0.3 is 15.3 Å². The molecule has 2 N–H and O–H groups in total. The molecule has 1 aliphatic rings. The maximum Gasteiger partial charge on any atom is 0.320 e. The third kappa shape index (κ3) is 5.50. The van der Waals surface area contributed by atoms with Crippen molar-refractivity contribution in [3.05, 3.63) is 0 Å².